The van der Waals surface area contributed by atoms with E-state index in [0.717, 1.165) is 37.7 Å². The van der Waals surface area contributed by atoms with E-state index in [4.69, 9.17) is 0 Å². The maximum Gasteiger partial charge on any atom is 0.173 e. The molecule has 0 saturated heterocycles. The smallest absolute Gasteiger partial charge is 0.173 e. The van der Waals surface area contributed by atoms with E-state index < -0.39 is 11.6 Å². The van der Waals surface area contributed by atoms with E-state index in [2.05, 4.69) is 12.6 Å². The Labute approximate surface area is 149 Å². The van der Waals surface area contributed by atoms with Crippen molar-refractivity contribution in [3.63, 3.8) is 0 Å². The number of ketones is 1. The Bertz CT molecular complexity index is 725. The number of hydrogen-bond acceptors (Lipinski definition) is 2. The summed E-state index contributed by atoms with van der Waals surface area (Å²) >= 11 is 0. The number of phenolic OH excluding ortho intramolecular Hbond substituents is 1. The second-order valence-electron chi connectivity index (χ2n) is 8.45. The summed E-state index contributed by atoms with van der Waals surface area (Å²) in [4.78, 5) is 12.6. The van der Waals surface area contributed by atoms with E-state index in [0.29, 0.717) is 36.3 Å². The molecule has 0 aromatic heterocycles. The average Bonchev–Trinajstić information content (AvgIpc) is 2.59. The molecule has 1 aromatic rings. The first-order valence-electron chi connectivity index (χ1n) is 9.59. The summed E-state index contributed by atoms with van der Waals surface area (Å²) < 4.78 is 14.1. The number of fused-ring (bicyclic) bond motifs is 5. The van der Waals surface area contributed by atoms with Crippen LogP contribution >= 0.6 is 0 Å². The van der Waals surface area contributed by atoms with Crippen LogP contribution in [0.4, 0.5) is 4.39 Å². The van der Waals surface area contributed by atoms with Crippen molar-refractivity contribution >= 4 is 5.78 Å². The Kier molecular flexibility index (Phi) is 4.01. The summed E-state index contributed by atoms with van der Waals surface area (Å²) in [7, 11) is 0. The third kappa shape index (κ3) is 2.46. The zero-order chi connectivity index (χ0) is 17.8. The highest BCUT2D eigenvalue weighted by Crippen LogP contribution is 2.59. The molecule has 134 valence electrons. The number of aryl methyl sites for hydroxylation is 1. The standard InChI is InChI=1S/C22H27FO2/c1-3-4-14-11-17-13(12-20(14)24)5-6-16-15(17)9-10-22(2)18(16)7-8-19(23)21(22)25/h3,11-12,15-16,18-19,24H,1,4-10H2,2H3/t15-,16+,18-,19-,22-/m0/s1. The van der Waals surface area contributed by atoms with Crippen molar-refractivity contribution in [3.8, 4) is 5.75 Å². The van der Waals surface area contributed by atoms with Gasteiger partial charge in [-0.2, -0.15) is 0 Å². The van der Waals surface area contributed by atoms with Gasteiger partial charge in [0.1, 0.15) is 5.75 Å². The van der Waals surface area contributed by atoms with Gasteiger partial charge < -0.3 is 5.11 Å². The van der Waals surface area contributed by atoms with Crippen molar-refractivity contribution in [2.45, 2.75) is 64.0 Å². The van der Waals surface area contributed by atoms with Crippen LogP contribution in [0.15, 0.2) is 24.8 Å². The minimum absolute atomic E-state index is 0.147. The maximum absolute atomic E-state index is 14.1. The molecule has 0 amide bonds. The first-order chi connectivity index (χ1) is 12.0. The number of alkyl halides is 1. The van der Waals surface area contributed by atoms with Crippen molar-refractivity contribution in [1.82, 2.24) is 0 Å². The lowest BCUT2D eigenvalue weighted by atomic mass is 9.50. The molecule has 1 aromatic carbocycles. The number of halogens is 1. The van der Waals surface area contributed by atoms with Crippen LogP contribution in [0.3, 0.4) is 0 Å². The lowest BCUT2D eigenvalue weighted by molar-refractivity contribution is -0.147. The molecule has 2 fully saturated rings. The minimum Gasteiger partial charge on any atom is -0.508 e. The molecule has 4 rings (SSSR count). The molecule has 3 aliphatic rings. The van der Waals surface area contributed by atoms with Crippen LogP contribution in [0.1, 0.15) is 61.6 Å². The van der Waals surface area contributed by atoms with Crippen LogP contribution in [-0.2, 0) is 17.6 Å². The summed E-state index contributed by atoms with van der Waals surface area (Å²) in [6, 6.07) is 4.09. The van der Waals surface area contributed by atoms with Crippen molar-refractivity contribution in [1.29, 1.82) is 0 Å². The van der Waals surface area contributed by atoms with E-state index in [1.807, 2.05) is 19.1 Å². The van der Waals surface area contributed by atoms with Gasteiger partial charge in [0.15, 0.2) is 12.0 Å². The maximum atomic E-state index is 14.1. The Morgan fingerprint density at radius 2 is 2.12 bits per heavy atom. The van der Waals surface area contributed by atoms with Gasteiger partial charge in [-0.15, -0.1) is 6.58 Å². The van der Waals surface area contributed by atoms with Crippen LogP contribution in [0.2, 0.25) is 0 Å². The molecule has 2 nitrogen and oxygen atoms in total. The minimum atomic E-state index is -1.26. The number of benzene rings is 1. The van der Waals surface area contributed by atoms with Gasteiger partial charge in [-0.3, -0.25) is 4.79 Å². The Morgan fingerprint density at radius 1 is 1.32 bits per heavy atom. The molecule has 5 atom stereocenters. The van der Waals surface area contributed by atoms with Gasteiger partial charge in [-0.1, -0.05) is 19.1 Å². The van der Waals surface area contributed by atoms with Crippen LogP contribution in [0.25, 0.3) is 0 Å². The zero-order valence-corrected chi connectivity index (χ0v) is 14.9. The largest absolute Gasteiger partial charge is 0.508 e. The molecule has 0 bridgehead atoms. The Balaban J connectivity index is 1.71. The normalized spacial score (nSPS) is 37.0. The lowest BCUT2D eigenvalue weighted by Gasteiger charge is -2.53. The molecule has 0 unspecified atom stereocenters. The predicted octanol–water partition coefficient (Wildman–Crippen LogP) is 4.88. The van der Waals surface area contributed by atoms with E-state index in [1.165, 1.54) is 11.1 Å². The number of allylic oxidation sites excluding steroid dienone is 1. The molecule has 0 radical (unpaired) electrons. The molecule has 25 heavy (non-hydrogen) atoms. The summed E-state index contributed by atoms with van der Waals surface area (Å²) in [5.41, 5.74) is 3.06. The van der Waals surface area contributed by atoms with Gasteiger partial charge >= 0.3 is 0 Å². The monoisotopic (exact) mass is 342 g/mol. The zero-order valence-electron chi connectivity index (χ0n) is 14.9. The molecule has 2 saturated carbocycles. The fraction of sp³-hybridized carbons (Fsp3) is 0.591. The topological polar surface area (TPSA) is 37.3 Å². The SMILES string of the molecule is C=CCc1cc2c(cc1O)CC[C@@H]1[C@@H]2CC[C@]2(C)C(=O)[C@@H](F)CC[C@@H]12. The predicted molar refractivity (Wildman–Crippen MR) is 96.5 cm³/mol. The van der Waals surface area contributed by atoms with Gasteiger partial charge in [0.2, 0.25) is 0 Å². The van der Waals surface area contributed by atoms with Crippen molar-refractivity contribution in [2.24, 2.45) is 17.3 Å². The van der Waals surface area contributed by atoms with E-state index in [9.17, 15) is 14.3 Å². The fourth-order valence-electron chi connectivity index (χ4n) is 5.95. The van der Waals surface area contributed by atoms with Crippen molar-refractivity contribution in [2.75, 3.05) is 0 Å². The quantitative estimate of drug-likeness (QED) is 0.778. The summed E-state index contributed by atoms with van der Waals surface area (Å²) in [6.07, 6.45) is 6.17. The highest BCUT2D eigenvalue weighted by Gasteiger charge is 2.55. The Hall–Kier alpha value is -1.64. The van der Waals surface area contributed by atoms with Gasteiger partial charge in [0.05, 0.1) is 0 Å². The van der Waals surface area contributed by atoms with E-state index in [-0.39, 0.29) is 5.78 Å². The van der Waals surface area contributed by atoms with Gasteiger partial charge in [-0.25, -0.2) is 4.39 Å². The van der Waals surface area contributed by atoms with Crippen molar-refractivity contribution in [3.05, 3.63) is 41.5 Å². The van der Waals surface area contributed by atoms with Crippen LogP contribution in [-0.4, -0.2) is 17.1 Å². The molecule has 3 heteroatoms. The van der Waals surface area contributed by atoms with Crippen molar-refractivity contribution < 1.29 is 14.3 Å². The van der Waals surface area contributed by atoms with Gasteiger partial charge in [-0.05, 0) is 85.5 Å². The fourth-order valence-corrected chi connectivity index (χ4v) is 5.95. The highest BCUT2D eigenvalue weighted by atomic mass is 19.1. The third-order valence-electron chi connectivity index (χ3n) is 7.26. The van der Waals surface area contributed by atoms with Crippen LogP contribution < -0.4 is 0 Å². The number of Topliss-reactive ketones (excluding diaryl/α,β-unsaturated/α-hetero) is 1. The number of carbonyl (C=O) groups is 1. The number of aromatic hydroxyl groups is 1. The highest BCUT2D eigenvalue weighted by molar-refractivity contribution is 5.89. The first-order valence-corrected chi connectivity index (χ1v) is 9.59. The number of phenols is 1. The molecule has 1 N–H and O–H groups in total. The number of rotatable bonds is 2. The molecule has 0 aliphatic heterocycles. The molecular weight excluding hydrogens is 315 g/mol. The third-order valence-corrected chi connectivity index (χ3v) is 7.26. The second kappa shape index (κ2) is 5.96. The second-order valence-corrected chi connectivity index (χ2v) is 8.45. The first kappa shape index (κ1) is 16.8. The lowest BCUT2D eigenvalue weighted by Crippen LogP contribution is -2.52. The summed E-state index contributed by atoms with van der Waals surface area (Å²) in [5.74, 6) is 1.42. The Morgan fingerprint density at radius 3 is 2.88 bits per heavy atom. The van der Waals surface area contributed by atoms with Gasteiger partial charge in [0, 0.05) is 5.41 Å². The molecule has 0 heterocycles. The average molecular weight is 342 g/mol. The van der Waals surface area contributed by atoms with Crippen LogP contribution in [0, 0.1) is 17.3 Å². The van der Waals surface area contributed by atoms with Gasteiger partial charge in [0.25, 0.3) is 0 Å². The summed E-state index contributed by atoms with van der Waals surface area (Å²) in [6.45, 7) is 5.80. The van der Waals surface area contributed by atoms with E-state index >= 15 is 0 Å². The summed E-state index contributed by atoms with van der Waals surface area (Å²) in [5, 5.41) is 10.3. The molecular formula is C22H27FO2. The number of hydrogen-bond donors (Lipinski definition) is 1. The van der Waals surface area contributed by atoms with E-state index in [1.54, 1.807) is 0 Å². The van der Waals surface area contributed by atoms with Crippen LogP contribution in [0.5, 0.6) is 5.75 Å². The molecule has 0 spiro atoms. The number of carbonyl (C=O) groups excluding carboxylic acids is 1. The molecule has 3 aliphatic carbocycles.